The highest BCUT2D eigenvalue weighted by Crippen LogP contribution is 2.18. The lowest BCUT2D eigenvalue weighted by atomic mass is 10.2. The van der Waals surface area contributed by atoms with Gasteiger partial charge in [0.15, 0.2) is 5.78 Å². The summed E-state index contributed by atoms with van der Waals surface area (Å²) in [5, 5.41) is 4.14. The number of carbonyl (C=O) groups is 2. The van der Waals surface area contributed by atoms with Crippen LogP contribution in [0.25, 0.3) is 0 Å². The second-order valence-corrected chi connectivity index (χ2v) is 5.03. The van der Waals surface area contributed by atoms with E-state index in [1.807, 2.05) is 0 Å². The van der Waals surface area contributed by atoms with E-state index in [4.69, 9.17) is 11.6 Å². The molecule has 0 atom stereocenters. The first-order chi connectivity index (χ1) is 9.09. The van der Waals surface area contributed by atoms with Crippen LogP contribution >= 0.6 is 22.9 Å². The molecule has 0 aliphatic heterocycles. The normalized spacial score (nSPS) is 10.2. The summed E-state index contributed by atoms with van der Waals surface area (Å²) < 4.78 is 13.5. The van der Waals surface area contributed by atoms with Crippen molar-refractivity contribution < 1.29 is 14.0 Å². The third-order valence-electron chi connectivity index (χ3n) is 2.40. The Labute approximate surface area is 118 Å². The number of carbonyl (C=O) groups excluding carboxylic acids is 2. The van der Waals surface area contributed by atoms with Gasteiger partial charge in [-0.05, 0) is 23.6 Å². The van der Waals surface area contributed by atoms with Crippen molar-refractivity contribution in [1.82, 2.24) is 5.32 Å². The van der Waals surface area contributed by atoms with Gasteiger partial charge in [-0.2, -0.15) is 0 Å². The van der Waals surface area contributed by atoms with Crippen LogP contribution in [0.2, 0.25) is 5.02 Å². The largest absolute Gasteiger partial charge is 0.344 e. The van der Waals surface area contributed by atoms with Crippen LogP contribution in [0.3, 0.4) is 0 Å². The number of Topliss-reactive ketones (excluding diaryl/α,β-unsaturated/α-hetero) is 1. The molecule has 1 heterocycles. The highest BCUT2D eigenvalue weighted by Gasteiger charge is 2.16. The number of thiophene rings is 1. The van der Waals surface area contributed by atoms with Gasteiger partial charge in [-0.3, -0.25) is 9.59 Å². The summed E-state index contributed by atoms with van der Waals surface area (Å²) >= 11 is 7.04. The lowest BCUT2D eigenvalue weighted by molar-refractivity contribution is 0.0903. The van der Waals surface area contributed by atoms with Crippen LogP contribution < -0.4 is 5.32 Å². The van der Waals surface area contributed by atoms with Gasteiger partial charge in [-0.15, -0.1) is 11.3 Å². The molecule has 0 unspecified atom stereocenters. The van der Waals surface area contributed by atoms with E-state index in [2.05, 4.69) is 5.32 Å². The molecule has 6 heteroatoms. The number of nitrogens with one attached hydrogen (secondary N) is 1. The molecule has 0 saturated carbocycles. The molecule has 2 aromatic rings. The van der Waals surface area contributed by atoms with Gasteiger partial charge in [0.1, 0.15) is 5.82 Å². The van der Waals surface area contributed by atoms with Crippen molar-refractivity contribution >= 4 is 34.6 Å². The van der Waals surface area contributed by atoms with E-state index in [9.17, 15) is 14.0 Å². The lowest BCUT2D eigenvalue weighted by Crippen LogP contribution is -2.30. The van der Waals surface area contributed by atoms with Crippen LogP contribution in [0, 0.1) is 5.82 Å². The van der Waals surface area contributed by atoms with Crippen molar-refractivity contribution in [2.75, 3.05) is 6.54 Å². The Balaban J connectivity index is 2.04. The van der Waals surface area contributed by atoms with Crippen molar-refractivity contribution in [3.63, 3.8) is 0 Å². The van der Waals surface area contributed by atoms with E-state index in [1.165, 1.54) is 23.5 Å². The third-order valence-corrected chi connectivity index (χ3v) is 3.62. The predicted octanol–water partition coefficient (Wildman–Crippen LogP) is 3.15. The van der Waals surface area contributed by atoms with Crippen molar-refractivity contribution in [2.45, 2.75) is 0 Å². The maximum Gasteiger partial charge on any atom is 0.256 e. The number of amides is 1. The van der Waals surface area contributed by atoms with Crippen LogP contribution in [-0.2, 0) is 0 Å². The molecule has 1 amide bonds. The van der Waals surface area contributed by atoms with Gasteiger partial charge in [-0.1, -0.05) is 23.7 Å². The number of hydrogen-bond acceptors (Lipinski definition) is 3. The Morgan fingerprint density at radius 1 is 1.26 bits per heavy atom. The van der Waals surface area contributed by atoms with E-state index in [1.54, 1.807) is 17.5 Å². The van der Waals surface area contributed by atoms with Gasteiger partial charge in [0.2, 0.25) is 0 Å². The minimum atomic E-state index is -0.714. The van der Waals surface area contributed by atoms with Gasteiger partial charge in [-0.25, -0.2) is 4.39 Å². The Morgan fingerprint density at radius 3 is 2.68 bits per heavy atom. The molecule has 0 aliphatic carbocycles. The fourth-order valence-electron chi connectivity index (χ4n) is 1.49. The fraction of sp³-hybridized carbons (Fsp3) is 0.0769. The fourth-order valence-corrected chi connectivity index (χ4v) is 2.40. The maximum atomic E-state index is 13.5. The van der Waals surface area contributed by atoms with Crippen LogP contribution in [0.1, 0.15) is 20.0 Å². The number of ketones is 1. The zero-order valence-corrected chi connectivity index (χ0v) is 11.2. The predicted molar refractivity (Wildman–Crippen MR) is 72.4 cm³/mol. The molecule has 2 rings (SSSR count). The number of hydrogen-bond donors (Lipinski definition) is 1. The van der Waals surface area contributed by atoms with E-state index in [0.29, 0.717) is 4.88 Å². The molecule has 1 N–H and O–H groups in total. The molecule has 0 fully saturated rings. The average Bonchev–Trinajstić information content (AvgIpc) is 2.89. The van der Waals surface area contributed by atoms with E-state index in [0.717, 1.165) is 6.07 Å². The highest BCUT2D eigenvalue weighted by molar-refractivity contribution is 7.12. The molecular formula is C13H9ClFNO2S. The summed E-state index contributed by atoms with van der Waals surface area (Å²) in [5.74, 6) is -1.64. The first-order valence-corrected chi connectivity index (χ1v) is 6.64. The van der Waals surface area contributed by atoms with Crippen LogP contribution in [0.4, 0.5) is 4.39 Å². The molecule has 98 valence electrons. The monoisotopic (exact) mass is 297 g/mol. The van der Waals surface area contributed by atoms with E-state index >= 15 is 0 Å². The zero-order chi connectivity index (χ0) is 13.8. The molecule has 0 radical (unpaired) electrons. The summed E-state index contributed by atoms with van der Waals surface area (Å²) in [6.45, 7) is -0.190. The smallest absolute Gasteiger partial charge is 0.256 e. The topological polar surface area (TPSA) is 46.2 Å². The second-order valence-electron chi connectivity index (χ2n) is 3.68. The summed E-state index contributed by atoms with van der Waals surface area (Å²) in [7, 11) is 0. The molecule has 0 bridgehead atoms. The van der Waals surface area contributed by atoms with Crippen LogP contribution in [0.5, 0.6) is 0 Å². The molecule has 1 aromatic heterocycles. The van der Waals surface area contributed by atoms with Crippen molar-refractivity contribution in [1.29, 1.82) is 0 Å². The minimum Gasteiger partial charge on any atom is -0.344 e. The summed E-state index contributed by atoms with van der Waals surface area (Å²) in [4.78, 5) is 24.0. The van der Waals surface area contributed by atoms with Crippen LogP contribution in [0.15, 0.2) is 35.7 Å². The van der Waals surface area contributed by atoms with Crippen molar-refractivity contribution in [3.05, 3.63) is 57.0 Å². The molecule has 19 heavy (non-hydrogen) atoms. The molecular weight excluding hydrogens is 289 g/mol. The number of rotatable bonds is 4. The Bertz CT molecular complexity index is 593. The van der Waals surface area contributed by atoms with Gasteiger partial charge in [0, 0.05) is 0 Å². The van der Waals surface area contributed by atoms with Crippen LogP contribution in [-0.4, -0.2) is 18.2 Å². The van der Waals surface area contributed by atoms with E-state index < -0.39 is 11.7 Å². The maximum absolute atomic E-state index is 13.5. The molecule has 3 nitrogen and oxygen atoms in total. The molecule has 0 saturated heterocycles. The average molecular weight is 298 g/mol. The summed E-state index contributed by atoms with van der Waals surface area (Å²) in [6.07, 6.45) is 0. The summed E-state index contributed by atoms with van der Waals surface area (Å²) in [6, 6.07) is 7.37. The second kappa shape index (κ2) is 5.95. The minimum absolute atomic E-state index is 0.0149. The summed E-state index contributed by atoms with van der Waals surface area (Å²) in [5.41, 5.74) is -0.247. The Hall–Kier alpha value is -1.72. The number of benzene rings is 1. The lowest BCUT2D eigenvalue weighted by Gasteiger charge is -2.06. The first kappa shape index (κ1) is 13.7. The van der Waals surface area contributed by atoms with Gasteiger partial charge in [0.05, 0.1) is 22.0 Å². The van der Waals surface area contributed by atoms with Crippen molar-refractivity contribution in [3.8, 4) is 0 Å². The SMILES string of the molecule is O=C(CNC(=O)c1c(F)cccc1Cl)c1cccs1. The standard InChI is InChI=1S/C13H9ClFNO2S/c14-8-3-1-4-9(15)12(8)13(18)16-7-10(17)11-5-2-6-19-11/h1-6H,7H2,(H,16,18). The zero-order valence-electron chi connectivity index (χ0n) is 9.65. The quantitative estimate of drug-likeness (QED) is 0.881. The van der Waals surface area contributed by atoms with Gasteiger partial charge < -0.3 is 5.32 Å². The third kappa shape index (κ3) is 3.19. The Kier molecular flexibility index (Phi) is 4.29. The molecule has 0 aliphatic rings. The Morgan fingerprint density at radius 2 is 2.05 bits per heavy atom. The molecule has 0 spiro atoms. The van der Waals surface area contributed by atoms with Crippen molar-refractivity contribution in [2.24, 2.45) is 0 Å². The van der Waals surface area contributed by atoms with Gasteiger partial charge in [0.25, 0.3) is 5.91 Å². The van der Waals surface area contributed by atoms with Gasteiger partial charge >= 0.3 is 0 Å². The molecule has 1 aromatic carbocycles. The van der Waals surface area contributed by atoms with E-state index in [-0.39, 0.29) is 22.9 Å². The first-order valence-electron chi connectivity index (χ1n) is 5.38. The highest BCUT2D eigenvalue weighted by atomic mass is 35.5. The number of halogens is 2.